The Morgan fingerprint density at radius 3 is 2.87 bits per heavy atom. The van der Waals surface area contributed by atoms with E-state index in [1.165, 1.54) is 0 Å². The van der Waals surface area contributed by atoms with Gasteiger partial charge in [0, 0.05) is 25.3 Å². The van der Waals surface area contributed by atoms with E-state index >= 15 is 0 Å². The van der Waals surface area contributed by atoms with Crippen molar-refractivity contribution in [3.63, 3.8) is 0 Å². The van der Waals surface area contributed by atoms with Crippen LogP contribution in [0.2, 0.25) is 0 Å². The van der Waals surface area contributed by atoms with Crippen LogP contribution in [-0.2, 0) is 16.0 Å². The van der Waals surface area contributed by atoms with Crippen LogP contribution < -0.4 is 0 Å². The van der Waals surface area contributed by atoms with Crippen molar-refractivity contribution in [1.82, 2.24) is 20.0 Å². The van der Waals surface area contributed by atoms with Gasteiger partial charge in [-0.05, 0) is 25.3 Å². The lowest BCUT2D eigenvalue weighted by molar-refractivity contribution is -0.139. The molecular formula is C16H24N4O3. The van der Waals surface area contributed by atoms with Crippen molar-refractivity contribution in [2.75, 3.05) is 32.8 Å². The molecule has 23 heavy (non-hydrogen) atoms. The van der Waals surface area contributed by atoms with Gasteiger partial charge in [0.05, 0.1) is 13.2 Å². The summed E-state index contributed by atoms with van der Waals surface area (Å²) >= 11 is 0. The Hall–Kier alpha value is -1.89. The minimum absolute atomic E-state index is 0.0449. The van der Waals surface area contributed by atoms with E-state index in [9.17, 15) is 9.59 Å². The van der Waals surface area contributed by atoms with Gasteiger partial charge in [0.1, 0.15) is 11.7 Å². The quantitative estimate of drug-likeness (QED) is 0.891. The molecule has 1 aromatic heterocycles. The van der Waals surface area contributed by atoms with Crippen LogP contribution in [0.3, 0.4) is 0 Å². The fraction of sp³-hybridized carbons (Fsp3) is 0.688. The number of H-pyrrole nitrogens is 1. The zero-order chi connectivity index (χ0) is 16.2. The molecular weight excluding hydrogens is 296 g/mol. The third kappa shape index (κ3) is 3.39. The Labute approximate surface area is 136 Å². The summed E-state index contributed by atoms with van der Waals surface area (Å²) in [5, 5.41) is 7.03. The molecule has 2 aliphatic heterocycles. The van der Waals surface area contributed by atoms with Gasteiger partial charge in [-0.2, -0.15) is 5.10 Å². The minimum atomic E-state index is -0.355. The number of aromatic amines is 1. The van der Waals surface area contributed by atoms with Crippen LogP contribution in [0.1, 0.15) is 42.4 Å². The summed E-state index contributed by atoms with van der Waals surface area (Å²) in [6.07, 6.45) is 3.46. The van der Waals surface area contributed by atoms with Crippen LogP contribution in [0, 0.1) is 0 Å². The number of rotatable bonds is 4. The van der Waals surface area contributed by atoms with Gasteiger partial charge in [0.25, 0.3) is 5.91 Å². The van der Waals surface area contributed by atoms with Crippen LogP contribution in [0.5, 0.6) is 0 Å². The molecule has 3 rings (SSSR count). The van der Waals surface area contributed by atoms with Gasteiger partial charge >= 0.3 is 0 Å². The molecule has 0 saturated carbocycles. The van der Waals surface area contributed by atoms with Crippen LogP contribution >= 0.6 is 0 Å². The molecule has 0 radical (unpaired) electrons. The van der Waals surface area contributed by atoms with Gasteiger partial charge in [0.2, 0.25) is 5.91 Å². The average Bonchev–Trinajstić information content (AvgIpc) is 3.24. The summed E-state index contributed by atoms with van der Waals surface area (Å²) in [7, 11) is 0. The second kappa shape index (κ2) is 7.12. The fourth-order valence-electron chi connectivity index (χ4n) is 3.28. The third-order valence-corrected chi connectivity index (χ3v) is 4.49. The topological polar surface area (TPSA) is 78.5 Å². The van der Waals surface area contributed by atoms with E-state index < -0.39 is 0 Å². The van der Waals surface area contributed by atoms with Gasteiger partial charge in [-0.15, -0.1) is 0 Å². The molecule has 0 aliphatic carbocycles. The summed E-state index contributed by atoms with van der Waals surface area (Å²) in [6.45, 7) is 5.08. The fourth-order valence-corrected chi connectivity index (χ4v) is 3.28. The van der Waals surface area contributed by atoms with Gasteiger partial charge in [-0.1, -0.05) is 13.3 Å². The molecule has 0 spiro atoms. The number of morpholine rings is 1. The molecule has 3 heterocycles. The first-order chi connectivity index (χ1) is 11.2. The lowest BCUT2D eigenvalue weighted by Crippen LogP contribution is -2.51. The van der Waals surface area contributed by atoms with Crippen LogP contribution in [0.15, 0.2) is 6.07 Å². The normalized spacial score (nSPS) is 21.7. The lowest BCUT2D eigenvalue weighted by atomic mass is 10.1. The molecule has 2 fully saturated rings. The molecule has 2 aliphatic rings. The molecule has 1 N–H and O–H groups in total. The summed E-state index contributed by atoms with van der Waals surface area (Å²) in [6, 6.07) is 1.45. The van der Waals surface area contributed by atoms with Crippen molar-refractivity contribution in [1.29, 1.82) is 0 Å². The largest absolute Gasteiger partial charge is 0.378 e. The SMILES string of the molecule is CCCc1cc(C(=O)N2CCC[C@H]2C(=O)N2CCOCC2)n[nH]1. The smallest absolute Gasteiger partial charge is 0.275 e. The Kier molecular flexibility index (Phi) is 4.95. The maximum absolute atomic E-state index is 12.7. The zero-order valence-corrected chi connectivity index (χ0v) is 13.6. The molecule has 126 valence electrons. The molecule has 0 bridgehead atoms. The minimum Gasteiger partial charge on any atom is -0.378 e. The molecule has 1 aromatic rings. The molecule has 0 aromatic carbocycles. The summed E-state index contributed by atoms with van der Waals surface area (Å²) in [4.78, 5) is 28.9. The maximum Gasteiger partial charge on any atom is 0.275 e. The number of hydrogen-bond donors (Lipinski definition) is 1. The predicted octanol–water partition coefficient (Wildman–Crippen LogP) is 0.826. The van der Waals surface area contributed by atoms with Crippen molar-refractivity contribution in [2.24, 2.45) is 0 Å². The van der Waals surface area contributed by atoms with E-state index in [1.54, 1.807) is 11.0 Å². The summed E-state index contributed by atoms with van der Waals surface area (Å²) in [5.41, 5.74) is 1.38. The zero-order valence-electron chi connectivity index (χ0n) is 13.6. The van der Waals surface area contributed by atoms with Crippen LogP contribution in [-0.4, -0.2) is 70.7 Å². The van der Waals surface area contributed by atoms with Gasteiger partial charge < -0.3 is 14.5 Å². The maximum atomic E-state index is 12.7. The second-order valence-corrected chi connectivity index (χ2v) is 6.12. The van der Waals surface area contributed by atoms with Crippen molar-refractivity contribution < 1.29 is 14.3 Å². The Balaban J connectivity index is 1.69. The van der Waals surface area contributed by atoms with E-state index in [4.69, 9.17) is 4.74 Å². The first-order valence-electron chi connectivity index (χ1n) is 8.42. The van der Waals surface area contributed by atoms with Gasteiger partial charge in [0.15, 0.2) is 0 Å². The predicted molar refractivity (Wildman–Crippen MR) is 84.0 cm³/mol. The highest BCUT2D eigenvalue weighted by atomic mass is 16.5. The first-order valence-corrected chi connectivity index (χ1v) is 8.42. The molecule has 7 nitrogen and oxygen atoms in total. The average molecular weight is 320 g/mol. The monoisotopic (exact) mass is 320 g/mol. The lowest BCUT2D eigenvalue weighted by Gasteiger charge is -2.32. The highest BCUT2D eigenvalue weighted by molar-refractivity contribution is 5.96. The Bertz CT molecular complexity index is 565. The number of aromatic nitrogens is 2. The Morgan fingerprint density at radius 2 is 2.13 bits per heavy atom. The highest BCUT2D eigenvalue weighted by Gasteiger charge is 2.37. The molecule has 0 unspecified atom stereocenters. The summed E-state index contributed by atoms with van der Waals surface area (Å²) < 4.78 is 5.29. The number of ether oxygens (including phenoxy) is 1. The van der Waals surface area contributed by atoms with Crippen molar-refractivity contribution in [3.8, 4) is 0 Å². The standard InChI is InChI=1S/C16H24N4O3/c1-2-4-12-11-13(18-17-12)15(21)20-6-3-5-14(20)16(22)19-7-9-23-10-8-19/h11,14H,2-10H2,1H3,(H,17,18)/t14-/m0/s1. The van der Waals surface area contributed by atoms with Crippen molar-refractivity contribution in [3.05, 3.63) is 17.5 Å². The van der Waals surface area contributed by atoms with E-state index in [2.05, 4.69) is 17.1 Å². The van der Waals surface area contributed by atoms with E-state index in [-0.39, 0.29) is 17.9 Å². The van der Waals surface area contributed by atoms with E-state index in [0.29, 0.717) is 38.5 Å². The number of aryl methyl sites for hydroxylation is 1. The molecule has 2 saturated heterocycles. The van der Waals surface area contributed by atoms with Crippen molar-refractivity contribution >= 4 is 11.8 Å². The van der Waals surface area contributed by atoms with Crippen LogP contribution in [0.25, 0.3) is 0 Å². The van der Waals surface area contributed by atoms with Crippen LogP contribution in [0.4, 0.5) is 0 Å². The highest BCUT2D eigenvalue weighted by Crippen LogP contribution is 2.22. The Morgan fingerprint density at radius 1 is 1.35 bits per heavy atom. The van der Waals surface area contributed by atoms with Gasteiger partial charge in [-0.3, -0.25) is 14.7 Å². The third-order valence-electron chi connectivity index (χ3n) is 4.49. The van der Waals surface area contributed by atoms with Gasteiger partial charge in [-0.25, -0.2) is 0 Å². The molecule has 2 amide bonds. The number of nitrogens with zero attached hydrogens (tertiary/aromatic N) is 3. The van der Waals surface area contributed by atoms with E-state index in [1.807, 2.05) is 4.90 Å². The molecule has 7 heteroatoms. The number of carbonyl (C=O) groups is 2. The number of carbonyl (C=O) groups excluding carboxylic acids is 2. The number of likely N-dealkylation sites (tertiary alicyclic amines) is 1. The molecule has 1 atom stereocenters. The van der Waals surface area contributed by atoms with Crippen molar-refractivity contribution in [2.45, 2.75) is 38.6 Å². The first kappa shape index (κ1) is 16.0. The number of nitrogens with one attached hydrogen (secondary N) is 1. The second-order valence-electron chi connectivity index (χ2n) is 6.12. The summed E-state index contributed by atoms with van der Waals surface area (Å²) in [5.74, 6) is -0.101. The van der Waals surface area contributed by atoms with E-state index in [0.717, 1.165) is 31.4 Å². The number of amides is 2. The number of hydrogen-bond acceptors (Lipinski definition) is 4.